The predicted octanol–water partition coefficient (Wildman–Crippen LogP) is 3.60. The molecule has 2 heterocycles. The molecule has 0 saturated carbocycles. The normalized spacial score (nSPS) is 17.1. The minimum Gasteiger partial charge on any atom is -0.481 e. The molecule has 3 aromatic rings. The first-order valence-electron chi connectivity index (χ1n) is 9.41. The van der Waals surface area contributed by atoms with Crippen molar-refractivity contribution in [1.29, 1.82) is 0 Å². The molecule has 0 spiro atoms. The fourth-order valence-electron chi connectivity index (χ4n) is 3.16. The molecular formula is C21H19FN4O3S. The quantitative estimate of drug-likeness (QED) is 0.651. The average Bonchev–Trinajstić information content (AvgIpc) is 3.36. The number of carbonyl (C=O) groups is 2. The zero-order chi connectivity index (χ0) is 21.1. The lowest BCUT2D eigenvalue weighted by molar-refractivity contribution is -0.122. The number of nitrogens with zero attached hydrogens (tertiary/aromatic N) is 3. The minimum absolute atomic E-state index is 0.0581. The number of rotatable bonds is 6. The zero-order valence-corrected chi connectivity index (χ0v) is 16.9. The summed E-state index contributed by atoms with van der Waals surface area (Å²) in [5.74, 6) is -0.279. The fraction of sp³-hybridized carbons (Fsp3) is 0.238. The highest BCUT2D eigenvalue weighted by molar-refractivity contribution is 7.15. The van der Waals surface area contributed by atoms with E-state index in [2.05, 4.69) is 15.5 Å². The van der Waals surface area contributed by atoms with Gasteiger partial charge in [0.05, 0.1) is 0 Å². The summed E-state index contributed by atoms with van der Waals surface area (Å²) in [6, 6.07) is 14.9. The SMILES string of the molecule is CC(Oc1ccccc1)C(=O)Nc1nnc(C2CC(=O)N(c3ccc(F)cc3)C2)s1. The summed E-state index contributed by atoms with van der Waals surface area (Å²) >= 11 is 1.24. The molecule has 1 aromatic heterocycles. The number of benzene rings is 2. The van der Waals surface area contributed by atoms with Crippen molar-refractivity contribution in [2.75, 3.05) is 16.8 Å². The van der Waals surface area contributed by atoms with Gasteiger partial charge < -0.3 is 9.64 Å². The van der Waals surface area contributed by atoms with Crippen LogP contribution in [0.25, 0.3) is 0 Å². The maximum Gasteiger partial charge on any atom is 0.266 e. The van der Waals surface area contributed by atoms with Crippen molar-refractivity contribution in [3.05, 3.63) is 65.4 Å². The van der Waals surface area contributed by atoms with Crippen LogP contribution in [0.2, 0.25) is 0 Å². The van der Waals surface area contributed by atoms with Crippen molar-refractivity contribution >= 4 is 34.0 Å². The van der Waals surface area contributed by atoms with Crippen LogP contribution >= 0.6 is 11.3 Å². The van der Waals surface area contributed by atoms with Crippen LogP contribution in [0, 0.1) is 5.82 Å². The molecule has 0 aliphatic carbocycles. The molecule has 1 aliphatic rings. The van der Waals surface area contributed by atoms with Gasteiger partial charge in [-0.2, -0.15) is 0 Å². The molecule has 154 valence electrons. The highest BCUT2D eigenvalue weighted by Gasteiger charge is 2.34. The summed E-state index contributed by atoms with van der Waals surface area (Å²) in [5.41, 5.74) is 0.647. The standard InChI is InChI=1S/C21H19FN4O3S/c1-13(29-17-5-3-2-4-6-17)19(28)23-21-25-24-20(30-21)14-11-18(27)26(12-14)16-9-7-15(22)8-10-16/h2-10,13-14H,11-12H2,1H3,(H,23,25,28). The molecule has 1 N–H and O–H groups in total. The Morgan fingerprint density at radius 2 is 1.93 bits per heavy atom. The average molecular weight is 426 g/mol. The molecule has 4 rings (SSSR count). The van der Waals surface area contributed by atoms with Gasteiger partial charge in [0.15, 0.2) is 6.10 Å². The van der Waals surface area contributed by atoms with Crippen LogP contribution in [0.1, 0.15) is 24.3 Å². The van der Waals surface area contributed by atoms with Crippen LogP contribution < -0.4 is 15.0 Å². The van der Waals surface area contributed by atoms with Gasteiger partial charge >= 0.3 is 0 Å². The number of anilines is 2. The fourth-order valence-corrected chi connectivity index (χ4v) is 3.99. The molecule has 0 bridgehead atoms. The lowest BCUT2D eigenvalue weighted by Crippen LogP contribution is -2.30. The third kappa shape index (κ3) is 4.46. The molecular weight excluding hydrogens is 407 g/mol. The third-order valence-electron chi connectivity index (χ3n) is 4.71. The molecule has 1 saturated heterocycles. The van der Waals surface area contributed by atoms with E-state index in [0.717, 1.165) is 0 Å². The number of ether oxygens (including phenoxy) is 1. The molecule has 2 atom stereocenters. The molecule has 2 aromatic carbocycles. The van der Waals surface area contributed by atoms with E-state index in [-0.39, 0.29) is 30.0 Å². The number of hydrogen-bond donors (Lipinski definition) is 1. The van der Waals surface area contributed by atoms with Crippen molar-refractivity contribution in [1.82, 2.24) is 10.2 Å². The van der Waals surface area contributed by atoms with E-state index in [4.69, 9.17) is 4.74 Å². The molecule has 2 unspecified atom stereocenters. The van der Waals surface area contributed by atoms with E-state index < -0.39 is 6.10 Å². The Kier molecular flexibility index (Phi) is 5.71. The maximum atomic E-state index is 13.1. The second kappa shape index (κ2) is 8.58. The van der Waals surface area contributed by atoms with Gasteiger partial charge in [-0.25, -0.2) is 4.39 Å². The van der Waals surface area contributed by atoms with Crippen LogP contribution in [-0.2, 0) is 9.59 Å². The molecule has 9 heteroatoms. The number of nitrogens with one attached hydrogen (secondary N) is 1. The number of halogens is 1. The smallest absolute Gasteiger partial charge is 0.266 e. The first-order chi connectivity index (χ1) is 14.5. The Bertz CT molecular complexity index is 1040. The van der Waals surface area contributed by atoms with Gasteiger partial charge in [-0.3, -0.25) is 14.9 Å². The van der Waals surface area contributed by atoms with Gasteiger partial charge in [0, 0.05) is 24.6 Å². The van der Waals surface area contributed by atoms with Gasteiger partial charge in [-0.05, 0) is 43.3 Å². The zero-order valence-electron chi connectivity index (χ0n) is 16.1. The van der Waals surface area contributed by atoms with E-state index in [0.29, 0.717) is 28.1 Å². The van der Waals surface area contributed by atoms with E-state index in [9.17, 15) is 14.0 Å². The highest BCUT2D eigenvalue weighted by Crippen LogP contribution is 2.34. The van der Waals surface area contributed by atoms with E-state index in [1.54, 1.807) is 36.1 Å². The Balaban J connectivity index is 1.37. The summed E-state index contributed by atoms with van der Waals surface area (Å²) in [4.78, 5) is 26.4. The molecule has 7 nitrogen and oxygen atoms in total. The summed E-state index contributed by atoms with van der Waals surface area (Å²) in [6.07, 6.45) is -0.421. The Labute approximate surface area is 176 Å². The number of carbonyl (C=O) groups excluding carboxylic acids is 2. The lowest BCUT2D eigenvalue weighted by Gasteiger charge is -2.16. The number of para-hydroxylation sites is 1. The van der Waals surface area contributed by atoms with E-state index in [1.807, 2.05) is 18.2 Å². The number of aromatic nitrogens is 2. The number of amides is 2. The monoisotopic (exact) mass is 426 g/mol. The van der Waals surface area contributed by atoms with Gasteiger partial charge in [-0.15, -0.1) is 10.2 Å². The second-order valence-corrected chi connectivity index (χ2v) is 7.90. The van der Waals surface area contributed by atoms with Crippen LogP contribution in [0.3, 0.4) is 0 Å². The molecule has 30 heavy (non-hydrogen) atoms. The van der Waals surface area contributed by atoms with Crippen molar-refractivity contribution in [3.8, 4) is 5.75 Å². The van der Waals surface area contributed by atoms with Gasteiger partial charge in [0.25, 0.3) is 5.91 Å². The summed E-state index contributed by atoms with van der Waals surface area (Å²) in [6.45, 7) is 2.08. The second-order valence-electron chi connectivity index (χ2n) is 6.89. The third-order valence-corrected chi connectivity index (χ3v) is 5.71. The Morgan fingerprint density at radius 3 is 2.67 bits per heavy atom. The Morgan fingerprint density at radius 1 is 1.20 bits per heavy atom. The first kappa shape index (κ1) is 20.0. The highest BCUT2D eigenvalue weighted by atomic mass is 32.1. The summed E-state index contributed by atoms with van der Waals surface area (Å²) < 4.78 is 18.7. The number of hydrogen-bond acceptors (Lipinski definition) is 6. The van der Waals surface area contributed by atoms with Crippen molar-refractivity contribution in [2.45, 2.75) is 25.4 Å². The molecule has 1 fully saturated rings. The van der Waals surface area contributed by atoms with Crippen LogP contribution in [0.4, 0.5) is 15.2 Å². The van der Waals surface area contributed by atoms with Crippen molar-refractivity contribution in [3.63, 3.8) is 0 Å². The first-order valence-corrected chi connectivity index (χ1v) is 10.2. The van der Waals surface area contributed by atoms with Crippen molar-refractivity contribution < 1.29 is 18.7 Å². The minimum atomic E-state index is -0.707. The van der Waals surface area contributed by atoms with Gasteiger partial charge in [-0.1, -0.05) is 29.5 Å². The van der Waals surface area contributed by atoms with Crippen LogP contribution in [0.15, 0.2) is 54.6 Å². The van der Waals surface area contributed by atoms with Crippen molar-refractivity contribution in [2.24, 2.45) is 0 Å². The lowest BCUT2D eigenvalue weighted by atomic mass is 10.1. The van der Waals surface area contributed by atoms with E-state index in [1.165, 1.54) is 23.5 Å². The molecule has 1 aliphatic heterocycles. The maximum absolute atomic E-state index is 13.1. The largest absolute Gasteiger partial charge is 0.481 e. The topological polar surface area (TPSA) is 84.4 Å². The molecule has 0 radical (unpaired) electrons. The van der Waals surface area contributed by atoms with Crippen LogP contribution in [0.5, 0.6) is 5.75 Å². The summed E-state index contributed by atoms with van der Waals surface area (Å²) in [5, 5.41) is 11.9. The van der Waals surface area contributed by atoms with E-state index >= 15 is 0 Å². The summed E-state index contributed by atoms with van der Waals surface area (Å²) in [7, 11) is 0. The predicted molar refractivity (Wildman–Crippen MR) is 111 cm³/mol. The van der Waals surface area contributed by atoms with Gasteiger partial charge in [0.1, 0.15) is 16.6 Å². The van der Waals surface area contributed by atoms with Gasteiger partial charge in [0.2, 0.25) is 11.0 Å². The Hall–Kier alpha value is -3.33. The van der Waals surface area contributed by atoms with Crippen LogP contribution in [-0.4, -0.2) is 34.7 Å². The molecule has 2 amide bonds.